The first kappa shape index (κ1) is 16.1. The Labute approximate surface area is 143 Å². The van der Waals surface area contributed by atoms with Gasteiger partial charge in [-0.15, -0.1) is 0 Å². The van der Waals surface area contributed by atoms with Crippen molar-refractivity contribution in [2.75, 3.05) is 44.8 Å². The molecular formula is C19H26N2O3. The molecule has 130 valence electrons. The number of para-hydroxylation sites is 1. The van der Waals surface area contributed by atoms with Crippen LogP contribution >= 0.6 is 0 Å². The first-order chi connectivity index (χ1) is 11.7. The molecule has 3 heterocycles. The zero-order valence-corrected chi connectivity index (χ0v) is 14.4. The first-order valence-corrected chi connectivity index (χ1v) is 8.99. The number of hydrogen-bond acceptors (Lipinski definition) is 4. The van der Waals surface area contributed by atoms with Gasteiger partial charge in [0.15, 0.2) is 0 Å². The van der Waals surface area contributed by atoms with Crippen molar-refractivity contribution in [1.29, 1.82) is 0 Å². The van der Waals surface area contributed by atoms with Gasteiger partial charge in [-0.3, -0.25) is 9.69 Å². The summed E-state index contributed by atoms with van der Waals surface area (Å²) in [5.41, 5.74) is 2.15. The van der Waals surface area contributed by atoms with Gasteiger partial charge in [0, 0.05) is 39.0 Å². The molecule has 0 aromatic heterocycles. The molecule has 3 aliphatic heterocycles. The van der Waals surface area contributed by atoms with Crippen LogP contribution in [0.3, 0.4) is 0 Å². The van der Waals surface area contributed by atoms with E-state index in [0.717, 1.165) is 57.6 Å². The second-order valence-corrected chi connectivity index (χ2v) is 7.16. The minimum Gasteiger partial charge on any atom is -0.378 e. The Morgan fingerprint density at radius 1 is 1.38 bits per heavy atom. The maximum absolute atomic E-state index is 12.8. The van der Waals surface area contributed by atoms with E-state index in [4.69, 9.17) is 9.47 Å². The van der Waals surface area contributed by atoms with Gasteiger partial charge >= 0.3 is 0 Å². The Bertz CT molecular complexity index is 612. The lowest BCUT2D eigenvalue weighted by atomic mass is 9.87. The van der Waals surface area contributed by atoms with Crippen LogP contribution in [-0.2, 0) is 20.7 Å². The summed E-state index contributed by atoms with van der Waals surface area (Å²) in [4.78, 5) is 17.0. The molecule has 3 aliphatic rings. The average Bonchev–Trinajstić information content (AvgIpc) is 3.22. The number of carbonyl (C=O) groups excluding carboxylic acids is 1. The molecule has 4 rings (SSSR count). The van der Waals surface area contributed by atoms with Crippen molar-refractivity contribution in [1.82, 2.24) is 4.90 Å². The van der Waals surface area contributed by atoms with E-state index < -0.39 is 0 Å². The highest BCUT2D eigenvalue weighted by Gasteiger charge is 2.47. The molecular weight excluding hydrogens is 304 g/mol. The number of ether oxygens (including phenoxy) is 2. The second kappa shape index (κ2) is 6.47. The zero-order valence-electron chi connectivity index (χ0n) is 14.4. The molecule has 0 aliphatic carbocycles. The summed E-state index contributed by atoms with van der Waals surface area (Å²) >= 11 is 0. The van der Waals surface area contributed by atoms with Crippen LogP contribution in [0.2, 0.25) is 0 Å². The molecule has 0 unspecified atom stereocenters. The fraction of sp³-hybridized carbons (Fsp3) is 0.632. The van der Waals surface area contributed by atoms with E-state index >= 15 is 0 Å². The van der Waals surface area contributed by atoms with Gasteiger partial charge in [0.2, 0.25) is 5.91 Å². The molecule has 1 aromatic carbocycles. The van der Waals surface area contributed by atoms with Crippen LogP contribution in [0.1, 0.15) is 24.8 Å². The van der Waals surface area contributed by atoms with Gasteiger partial charge in [-0.05, 0) is 37.3 Å². The molecule has 0 saturated carbocycles. The lowest BCUT2D eigenvalue weighted by molar-refractivity contribution is -0.147. The number of carbonyl (C=O) groups is 1. The van der Waals surface area contributed by atoms with E-state index in [2.05, 4.69) is 17.0 Å². The molecule has 1 amide bonds. The van der Waals surface area contributed by atoms with Gasteiger partial charge in [-0.2, -0.15) is 0 Å². The van der Waals surface area contributed by atoms with Gasteiger partial charge in [-0.25, -0.2) is 0 Å². The fourth-order valence-electron chi connectivity index (χ4n) is 4.56. The van der Waals surface area contributed by atoms with Crippen LogP contribution in [-0.4, -0.2) is 62.4 Å². The molecule has 2 atom stereocenters. The number of nitrogens with zero attached hydrogens (tertiary/aromatic N) is 2. The number of rotatable bonds is 3. The third-order valence-electron chi connectivity index (χ3n) is 5.75. The summed E-state index contributed by atoms with van der Waals surface area (Å²) in [7, 11) is 1.77. The molecule has 5 nitrogen and oxygen atoms in total. The highest BCUT2D eigenvalue weighted by Crippen LogP contribution is 2.36. The van der Waals surface area contributed by atoms with Gasteiger partial charge in [0.25, 0.3) is 0 Å². The van der Waals surface area contributed by atoms with E-state index in [0.29, 0.717) is 6.54 Å². The predicted octanol–water partition coefficient (Wildman–Crippen LogP) is 1.85. The molecule has 24 heavy (non-hydrogen) atoms. The monoisotopic (exact) mass is 330 g/mol. The van der Waals surface area contributed by atoms with Crippen LogP contribution in [0.15, 0.2) is 24.3 Å². The van der Waals surface area contributed by atoms with Crippen LogP contribution in [0.4, 0.5) is 5.69 Å². The van der Waals surface area contributed by atoms with E-state index in [1.165, 1.54) is 5.56 Å². The van der Waals surface area contributed by atoms with Crippen molar-refractivity contribution in [2.24, 2.45) is 0 Å². The molecule has 1 spiro atoms. The maximum atomic E-state index is 12.8. The topological polar surface area (TPSA) is 42.0 Å². The number of hydrogen-bond donors (Lipinski definition) is 0. The minimum atomic E-state index is -0.212. The van der Waals surface area contributed by atoms with Crippen LogP contribution in [0.25, 0.3) is 0 Å². The number of anilines is 1. The largest absolute Gasteiger partial charge is 0.378 e. The van der Waals surface area contributed by atoms with Crippen LogP contribution in [0, 0.1) is 0 Å². The predicted molar refractivity (Wildman–Crippen MR) is 92.3 cm³/mol. The Morgan fingerprint density at radius 3 is 3.04 bits per heavy atom. The van der Waals surface area contributed by atoms with Crippen molar-refractivity contribution < 1.29 is 14.3 Å². The summed E-state index contributed by atoms with van der Waals surface area (Å²) in [6.45, 7) is 3.77. The van der Waals surface area contributed by atoms with Crippen LogP contribution < -0.4 is 4.90 Å². The van der Waals surface area contributed by atoms with Crippen molar-refractivity contribution in [3.63, 3.8) is 0 Å². The summed E-state index contributed by atoms with van der Waals surface area (Å²) in [6.07, 6.45) is 4.16. The first-order valence-electron chi connectivity index (χ1n) is 8.99. The van der Waals surface area contributed by atoms with E-state index in [1.54, 1.807) is 7.11 Å². The lowest BCUT2D eigenvalue weighted by Crippen LogP contribution is -2.58. The molecule has 1 aromatic rings. The van der Waals surface area contributed by atoms with E-state index in [-0.39, 0.29) is 17.6 Å². The van der Waals surface area contributed by atoms with Gasteiger partial charge in [0.1, 0.15) is 5.60 Å². The Balaban J connectivity index is 1.43. The smallest absolute Gasteiger partial charge is 0.241 e. The van der Waals surface area contributed by atoms with Gasteiger partial charge in [0.05, 0.1) is 12.6 Å². The molecule has 2 fully saturated rings. The molecule has 0 radical (unpaired) electrons. The van der Waals surface area contributed by atoms with Crippen molar-refractivity contribution in [3.05, 3.63) is 29.8 Å². The fourth-order valence-corrected chi connectivity index (χ4v) is 4.56. The number of likely N-dealkylation sites (tertiary alicyclic amines) is 1. The Morgan fingerprint density at radius 2 is 2.25 bits per heavy atom. The zero-order chi connectivity index (χ0) is 16.6. The number of piperidine rings is 1. The highest BCUT2D eigenvalue weighted by molar-refractivity contribution is 5.96. The molecule has 0 N–H and O–H groups in total. The van der Waals surface area contributed by atoms with Crippen molar-refractivity contribution >= 4 is 11.6 Å². The van der Waals surface area contributed by atoms with Crippen molar-refractivity contribution in [3.8, 4) is 0 Å². The quantitative estimate of drug-likeness (QED) is 0.848. The summed E-state index contributed by atoms with van der Waals surface area (Å²) < 4.78 is 11.8. The highest BCUT2D eigenvalue weighted by atomic mass is 16.5. The standard InChI is InChI=1S/C19H26N2O3/c1-23-17-8-10-20(14-19(17)9-4-12-24-19)13-18(22)21-11-7-15-5-2-3-6-16(15)21/h2-3,5-6,17H,4,7-14H2,1H3/t17-,19+/m1/s1. The van der Waals surface area contributed by atoms with Crippen molar-refractivity contribution in [2.45, 2.75) is 37.4 Å². The maximum Gasteiger partial charge on any atom is 0.241 e. The molecule has 0 bridgehead atoms. The Kier molecular flexibility index (Phi) is 4.33. The number of benzene rings is 1. The summed E-state index contributed by atoms with van der Waals surface area (Å²) in [5, 5.41) is 0. The van der Waals surface area contributed by atoms with Gasteiger partial charge < -0.3 is 14.4 Å². The van der Waals surface area contributed by atoms with E-state index in [9.17, 15) is 4.79 Å². The summed E-state index contributed by atoms with van der Waals surface area (Å²) in [5.74, 6) is 0.198. The number of amides is 1. The molecule has 2 saturated heterocycles. The second-order valence-electron chi connectivity index (χ2n) is 7.16. The summed E-state index contributed by atoms with van der Waals surface area (Å²) in [6, 6.07) is 8.23. The third-order valence-corrected chi connectivity index (χ3v) is 5.75. The van der Waals surface area contributed by atoms with Crippen LogP contribution in [0.5, 0.6) is 0 Å². The van der Waals surface area contributed by atoms with Gasteiger partial charge in [-0.1, -0.05) is 18.2 Å². The third kappa shape index (κ3) is 2.75. The number of fused-ring (bicyclic) bond motifs is 1. The normalized spacial score (nSPS) is 30.0. The SMILES string of the molecule is CO[C@@H]1CCN(CC(=O)N2CCc3ccccc32)C[C@@]12CCCO2. The number of methoxy groups -OCH3 is 1. The Hall–Kier alpha value is -1.43. The van der Waals surface area contributed by atoms with E-state index in [1.807, 2.05) is 17.0 Å². The average molecular weight is 330 g/mol. The molecule has 5 heteroatoms. The lowest BCUT2D eigenvalue weighted by Gasteiger charge is -2.44. The minimum absolute atomic E-state index is 0.152.